The lowest BCUT2D eigenvalue weighted by Crippen LogP contribution is -2.06. The largest absolute Gasteiger partial charge is 0.330 e. The fourth-order valence-electron chi connectivity index (χ4n) is 0.735. The quantitative estimate of drug-likeness (QED) is 0.573. The Bertz CT molecular complexity index is 456. The van der Waals surface area contributed by atoms with Gasteiger partial charge in [0.2, 0.25) is 0 Å². The molecule has 14 heavy (non-hydrogen) atoms. The van der Waals surface area contributed by atoms with E-state index >= 15 is 0 Å². The maximum Gasteiger partial charge on any atom is 0.330 e. The van der Waals surface area contributed by atoms with Gasteiger partial charge in [-0.05, 0) is 16.7 Å². The summed E-state index contributed by atoms with van der Waals surface area (Å²) in [7, 11) is -5.02. The third-order valence-corrected chi connectivity index (χ3v) is 2.37. The van der Waals surface area contributed by atoms with E-state index in [4.69, 9.17) is 0 Å². The van der Waals surface area contributed by atoms with Crippen LogP contribution in [0.15, 0.2) is 17.0 Å². The van der Waals surface area contributed by atoms with Gasteiger partial charge in [0.05, 0.1) is 0 Å². The van der Waals surface area contributed by atoms with E-state index in [1.54, 1.807) is 0 Å². The predicted molar refractivity (Wildman–Crippen MR) is 35.7 cm³/mol. The summed E-state index contributed by atoms with van der Waals surface area (Å²) < 4.78 is 72.4. The van der Waals surface area contributed by atoms with Crippen molar-refractivity contribution in [3.63, 3.8) is 0 Å². The second kappa shape index (κ2) is 3.54. The summed E-state index contributed by atoms with van der Waals surface area (Å²) in [5, 5.41) is 0. The van der Waals surface area contributed by atoms with Crippen LogP contribution in [-0.2, 0) is 14.5 Å². The Hall–Kier alpha value is -1.15. The van der Waals surface area contributed by atoms with Gasteiger partial charge in [-0.15, -0.1) is 0 Å². The van der Waals surface area contributed by atoms with Crippen molar-refractivity contribution in [1.29, 1.82) is 0 Å². The molecule has 3 nitrogen and oxygen atoms in total. The molecule has 0 saturated heterocycles. The Balaban J connectivity index is 3.47. The maximum atomic E-state index is 12.7. The van der Waals surface area contributed by atoms with Crippen molar-refractivity contribution in [1.82, 2.24) is 0 Å². The minimum Gasteiger partial charge on any atom is -0.204 e. The third kappa shape index (κ3) is 1.70. The fourth-order valence-corrected chi connectivity index (χ4v) is 1.35. The molecule has 0 heterocycles. The van der Waals surface area contributed by atoms with Crippen LogP contribution in [-0.4, -0.2) is 8.42 Å². The minimum atomic E-state index is -5.02. The third-order valence-electron chi connectivity index (χ3n) is 1.35. The summed E-state index contributed by atoms with van der Waals surface area (Å²) in [5.41, 5.74) is 0. The van der Waals surface area contributed by atoms with E-state index in [1.165, 1.54) is 0 Å². The number of hydrogen-bond acceptors (Lipinski definition) is 3. The van der Waals surface area contributed by atoms with Crippen molar-refractivity contribution in [2.45, 2.75) is 4.90 Å². The zero-order valence-electron chi connectivity index (χ0n) is 6.30. The Morgan fingerprint density at radius 1 is 1.07 bits per heavy atom. The summed E-state index contributed by atoms with van der Waals surface area (Å²) in [4.78, 5) is -1.40. The Labute approximate surface area is 75.9 Å². The van der Waals surface area contributed by atoms with Crippen LogP contribution in [0.5, 0.6) is 0 Å². The molecule has 0 amide bonds. The van der Waals surface area contributed by atoms with Gasteiger partial charge < -0.3 is 0 Å². The van der Waals surface area contributed by atoms with Crippen molar-refractivity contribution in [2.24, 2.45) is 0 Å². The maximum absolute atomic E-state index is 12.7. The first kappa shape index (κ1) is 10.9. The minimum absolute atomic E-state index is 0.338. The lowest BCUT2D eigenvalue weighted by Gasteiger charge is -2.01. The molecular formula is C6H2F4O3S. The van der Waals surface area contributed by atoms with Crippen LogP contribution in [0.4, 0.5) is 17.7 Å². The average molecular weight is 230 g/mol. The SMILES string of the molecule is O=S(=O)(OF)c1ccc(F)c(F)c1F. The lowest BCUT2D eigenvalue weighted by atomic mass is 10.3. The standard InChI is InChI=1S/C6H2F4O3S/c7-3-1-2-4(6(9)5(3)8)14(11,12)13-10/h1-2H. The Morgan fingerprint density at radius 3 is 2.14 bits per heavy atom. The Kier molecular flexibility index (Phi) is 2.76. The van der Waals surface area contributed by atoms with Gasteiger partial charge in [0.15, 0.2) is 17.5 Å². The van der Waals surface area contributed by atoms with Crippen LogP contribution in [0.2, 0.25) is 0 Å². The fraction of sp³-hybridized carbons (Fsp3) is 0. The van der Waals surface area contributed by atoms with Crippen LogP contribution in [0.25, 0.3) is 0 Å². The molecule has 0 spiro atoms. The van der Waals surface area contributed by atoms with E-state index < -0.39 is 32.5 Å². The number of hydrogen-bond donors (Lipinski definition) is 0. The zero-order valence-corrected chi connectivity index (χ0v) is 7.12. The summed E-state index contributed by atoms with van der Waals surface area (Å²) in [5.74, 6) is -5.62. The van der Waals surface area contributed by atoms with Crippen LogP contribution in [0.1, 0.15) is 0 Å². The summed E-state index contributed by atoms with van der Waals surface area (Å²) >= 11 is 0. The van der Waals surface area contributed by atoms with Crippen molar-refractivity contribution >= 4 is 10.1 Å². The molecule has 0 aliphatic carbocycles. The van der Waals surface area contributed by atoms with Crippen molar-refractivity contribution < 1.29 is 30.5 Å². The van der Waals surface area contributed by atoms with Crippen LogP contribution >= 0.6 is 0 Å². The summed E-state index contributed by atoms with van der Waals surface area (Å²) in [6.45, 7) is 0. The number of halogens is 4. The van der Waals surface area contributed by atoms with E-state index in [-0.39, 0.29) is 0 Å². The van der Waals surface area contributed by atoms with E-state index in [2.05, 4.69) is 4.39 Å². The molecule has 8 heteroatoms. The highest BCUT2D eigenvalue weighted by Crippen LogP contribution is 2.21. The van der Waals surface area contributed by atoms with Gasteiger partial charge in [0, 0.05) is 0 Å². The molecule has 0 atom stereocenters. The molecule has 78 valence electrons. The van der Waals surface area contributed by atoms with E-state index in [9.17, 15) is 26.1 Å². The molecule has 0 bridgehead atoms. The highest BCUT2D eigenvalue weighted by molar-refractivity contribution is 7.86. The van der Waals surface area contributed by atoms with E-state index in [0.717, 1.165) is 0 Å². The van der Waals surface area contributed by atoms with Crippen molar-refractivity contribution in [2.75, 3.05) is 0 Å². The van der Waals surface area contributed by atoms with Crippen LogP contribution in [0, 0.1) is 17.5 Å². The molecule has 0 radical (unpaired) electrons. The number of benzene rings is 1. The van der Waals surface area contributed by atoms with Crippen LogP contribution in [0.3, 0.4) is 0 Å². The molecular weight excluding hydrogens is 228 g/mol. The normalized spacial score (nSPS) is 11.7. The average Bonchev–Trinajstić information content (AvgIpc) is 2.14. The summed E-state index contributed by atoms with van der Waals surface area (Å²) in [6.07, 6.45) is 0. The van der Waals surface area contributed by atoms with Gasteiger partial charge in [-0.1, -0.05) is 4.39 Å². The number of rotatable bonds is 2. The Morgan fingerprint density at radius 2 is 1.64 bits per heavy atom. The van der Waals surface area contributed by atoms with Gasteiger partial charge in [0.25, 0.3) is 0 Å². The smallest absolute Gasteiger partial charge is 0.204 e. The van der Waals surface area contributed by atoms with E-state index in [1.807, 2.05) is 0 Å². The second-order valence-electron chi connectivity index (χ2n) is 2.19. The van der Waals surface area contributed by atoms with Gasteiger partial charge in [-0.25, -0.2) is 13.2 Å². The second-order valence-corrected chi connectivity index (χ2v) is 3.66. The monoisotopic (exact) mass is 230 g/mol. The van der Waals surface area contributed by atoms with Gasteiger partial charge in [-0.3, -0.25) is 0 Å². The molecule has 1 rings (SSSR count). The van der Waals surface area contributed by atoms with E-state index in [0.29, 0.717) is 12.1 Å². The highest BCUT2D eigenvalue weighted by Gasteiger charge is 2.25. The molecule has 0 aliphatic heterocycles. The van der Waals surface area contributed by atoms with Crippen molar-refractivity contribution in [3.05, 3.63) is 29.6 Å². The molecule has 0 saturated carbocycles. The van der Waals surface area contributed by atoms with Crippen molar-refractivity contribution in [3.8, 4) is 0 Å². The molecule has 1 aromatic carbocycles. The van der Waals surface area contributed by atoms with Gasteiger partial charge in [0.1, 0.15) is 4.90 Å². The first-order chi connectivity index (χ1) is 6.40. The molecule has 0 fully saturated rings. The zero-order chi connectivity index (χ0) is 10.9. The predicted octanol–water partition coefficient (Wildman–Crippen LogP) is 1.69. The van der Waals surface area contributed by atoms with Gasteiger partial charge >= 0.3 is 10.1 Å². The van der Waals surface area contributed by atoms with Gasteiger partial charge in [-0.2, -0.15) is 8.42 Å². The highest BCUT2D eigenvalue weighted by atomic mass is 32.2. The first-order valence-corrected chi connectivity index (χ1v) is 4.49. The topological polar surface area (TPSA) is 43.4 Å². The lowest BCUT2D eigenvalue weighted by molar-refractivity contribution is 0.00244. The van der Waals surface area contributed by atoms with Crippen LogP contribution < -0.4 is 0 Å². The first-order valence-electron chi connectivity index (χ1n) is 3.09. The molecule has 0 unspecified atom stereocenters. The summed E-state index contributed by atoms with van der Waals surface area (Å²) in [6, 6.07) is 0.687. The molecule has 0 aromatic heterocycles. The molecule has 1 aromatic rings. The molecule has 0 aliphatic rings. The molecule has 0 N–H and O–H groups in total.